The molecule has 0 aliphatic heterocycles. The van der Waals surface area contributed by atoms with Gasteiger partial charge in [0, 0.05) is 25.1 Å². The third-order valence-electron chi connectivity index (χ3n) is 2.78. The molecule has 2 rings (SSSR count). The second kappa shape index (κ2) is 6.00. The summed E-state index contributed by atoms with van der Waals surface area (Å²) in [5.41, 5.74) is 0.675. The van der Waals surface area contributed by atoms with E-state index in [1.807, 2.05) is 18.4 Å². The van der Waals surface area contributed by atoms with Crippen molar-refractivity contribution < 1.29 is 9.32 Å². The number of hydrogen-bond donors (Lipinski definition) is 2. The van der Waals surface area contributed by atoms with E-state index >= 15 is 0 Å². The molecule has 20 heavy (non-hydrogen) atoms. The molecule has 1 amide bonds. The fourth-order valence-corrected chi connectivity index (χ4v) is 2.06. The fraction of sp³-hybridized carbons (Fsp3) is 0.500. The first-order valence-corrected chi connectivity index (χ1v) is 6.76. The number of carbonyl (C=O) groups excluding carboxylic acids is 1. The Morgan fingerprint density at radius 2 is 2.35 bits per heavy atom. The van der Waals surface area contributed by atoms with Crippen molar-refractivity contribution in [3.05, 3.63) is 28.1 Å². The van der Waals surface area contributed by atoms with Crippen LogP contribution in [0.1, 0.15) is 41.8 Å². The second-order valence-corrected chi connectivity index (χ2v) is 5.17. The maximum absolute atomic E-state index is 11.8. The minimum Gasteiger partial charge on any atom is -0.351 e. The van der Waals surface area contributed by atoms with Crippen molar-refractivity contribution >= 4 is 18.1 Å². The van der Waals surface area contributed by atoms with Gasteiger partial charge in [0.05, 0.1) is 5.69 Å². The van der Waals surface area contributed by atoms with E-state index in [1.54, 1.807) is 13.0 Å². The Hall–Kier alpha value is -1.96. The molecule has 0 bridgehead atoms. The number of rotatable bonds is 5. The molecule has 0 radical (unpaired) electrons. The van der Waals surface area contributed by atoms with E-state index in [2.05, 4.69) is 20.7 Å². The molecule has 7 nitrogen and oxygen atoms in total. The molecule has 0 atom stereocenters. The van der Waals surface area contributed by atoms with Gasteiger partial charge in [-0.3, -0.25) is 9.89 Å². The molecular weight excluding hydrogens is 278 g/mol. The summed E-state index contributed by atoms with van der Waals surface area (Å²) in [6.07, 6.45) is 0. The van der Waals surface area contributed by atoms with Crippen LogP contribution >= 0.6 is 12.2 Å². The van der Waals surface area contributed by atoms with Crippen LogP contribution in [-0.4, -0.2) is 32.4 Å². The summed E-state index contributed by atoms with van der Waals surface area (Å²) in [5, 5.41) is 13.4. The number of carbonyl (C=O) groups is 1. The monoisotopic (exact) mass is 295 g/mol. The lowest BCUT2D eigenvalue weighted by molar-refractivity contribution is 0.0915. The normalized spacial score (nSPS) is 11.0. The Kier molecular flexibility index (Phi) is 4.33. The van der Waals surface area contributed by atoms with Crippen molar-refractivity contribution in [1.82, 2.24) is 25.2 Å². The molecule has 0 saturated heterocycles. The number of aromatic nitrogens is 4. The van der Waals surface area contributed by atoms with Crippen molar-refractivity contribution in [2.45, 2.75) is 33.2 Å². The molecule has 108 valence electrons. The molecule has 2 aromatic rings. The number of aromatic amines is 1. The van der Waals surface area contributed by atoms with Crippen LogP contribution in [0, 0.1) is 11.7 Å². The minimum atomic E-state index is -0.285. The van der Waals surface area contributed by atoms with E-state index in [4.69, 9.17) is 16.7 Å². The molecule has 2 aromatic heterocycles. The lowest BCUT2D eigenvalue weighted by atomic mass is 10.2. The van der Waals surface area contributed by atoms with Gasteiger partial charge < -0.3 is 14.4 Å². The molecule has 8 heteroatoms. The Balaban J connectivity index is 1.95. The largest absolute Gasteiger partial charge is 0.351 e. The number of nitrogens with one attached hydrogen (secondary N) is 2. The molecule has 0 unspecified atom stereocenters. The zero-order valence-electron chi connectivity index (χ0n) is 11.6. The number of amides is 1. The Bertz CT molecular complexity index is 655. The highest BCUT2D eigenvalue weighted by atomic mass is 32.1. The maximum Gasteiger partial charge on any atom is 0.289 e. The highest BCUT2D eigenvalue weighted by Gasteiger charge is 2.12. The quantitative estimate of drug-likeness (QED) is 0.821. The van der Waals surface area contributed by atoms with Gasteiger partial charge in [-0.05, 0) is 19.1 Å². The molecule has 0 fully saturated rings. The zero-order chi connectivity index (χ0) is 14.7. The molecule has 0 aliphatic rings. The van der Waals surface area contributed by atoms with Gasteiger partial charge in [0.2, 0.25) is 5.76 Å². The van der Waals surface area contributed by atoms with Crippen LogP contribution in [0.15, 0.2) is 10.6 Å². The molecule has 0 saturated carbocycles. The third-order valence-corrected chi connectivity index (χ3v) is 3.09. The van der Waals surface area contributed by atoms with E-state index in [9.17, 15) is 4.79 Å². The molecular formula is C12H17N5O2S. The second-order valence-electron chi connectivity index (χ2n) is 4.78. The summed E-state index contributed by atoms with van der Waals surface area (Å²) >= 11 is 5.17. The highest BCUT2D eigenvalue weighted by molar-refractivity contribution is 7.71. The molecule has 2 N–H and O–H groups in total. The van der Waals surface area contributed by atoms with Crippen LogP contribution in [0.25, 0.3) is 0 Å². The van der Waals surface area contributed by atoms with Crippen molar-refractivity contribution in [3.63, 3.8) is 0 Å². The lowest BCUT2D eigenvalue weighted by Crippen LogP contribution is -2.27. The first kappa shape index (κ1) is 14.4. The first-order chi connectivity index (χ1) is 9.49. The maximum atomic E-state index is 11.8. The highest BCUT2D eigenvalue weighted by Crippen LogP contribution is 2.11. The minimum absolute atomic E-state index is 0.211. The Morgan fingerprint density at radius 3 is 2.95 bits per heavy atom. The van der Waals surface area contributed by atoms with Crippen molar-refractivity contribution in [1.29, 1.82) is 0 Å². The van der Waals surface area contributed by atoms with Crippen molar-refractivity contribution in [2.24, 2.45) is 0 Å². The van der Waals surface area contributed by atoms with E-state index in [1.165, 1.54) is 0 Å². The molecule has 0 aromatic carbocycles. The smallest absolute Gasteiger partial charge is 0.289 e. The number of aryl methyl sites for hydroxylation is 1. The van der Waals surface area contributed by atoms with Crippen LogP contribution in [0.2, 0.25) is 0 Å². The number of H-pyrrole nitrogens is 1. The summed E-state index contributed by atoms with van der Waals surface area (Å²) in [5.74, 6) is 1.06. The molecule has 0 spiro atoms. The topological polar surface area (TPSA) is 88.7 Å². The third kappa shape index (κ3) is 3.13. The van der Waals surface area contributed by atoms with E-state index in [-0.39, 0.29) is 17.6 Å². The average molecular weight is 295 g/mol. The van der Waals surface area contributed by atoms with Gasteiger partial charge in [0.1, 0.15) is 5.82 Å². The van der Waals surface area contributed by atoms with Crippen LogP contribution in [0.5, 0.6) is 0 Å². The lowest BCUT2D eigenvalue weighted by Gasteiger charge is -2.09. The summed E-state index contributed by atoms with van der Waals surface area (Å²) in [6, 6.07) is 1.60. The Labute approximate surface area is 121 Å². The van der Waals surface area contributed by atoms with Gasteiger partial charge in [-0.2, -0.15) is 5.10 Å². The van der Waals surface area contributed by atoms with Crippen LogP contribution < -0.4 is 5.32 Å². The van der Waals surface area contributed by atoms with E-state index in [0.29, 0.717) is 23.6 Å². The van der Waals surface area contributed by atoms with Crippen LogP contribution in [-0.2, 0) is 6.54 Å². The van der Waals surface area contributed by atoms with Crippen LogP contribution in [0.4, 0.5) is 0 Å². The first-order valence-electron chi connectivity index (χ1n) is 6.35. The molecule has 2 heterocycles. The van der Waals surface area contributed by atoms with Crippen molar-refractivity contribution in [3.8, 4) is 0 Å². The average Bonchev–Trinajstić information content (AvgIpc) is 2.96. The summed E-state index contributed by atoms with van der Waals surface area (Å²) in [6.45, 7) is 6.84. The van der Waals surface area contributed by atoms with Gasteiger partial charge >= 0.3 is 0 Å². The summed E-state index contributed by atoms with van der Waals surface area (Å²) in [7, 11) is 0. The van der Waals surface area contributed by atoms with Crippen LogP contribution in [0.3, 0.4) is 0 Å². The molecule has 0 aliphatic carbocycles. The predicted molar refractivity (Wildman–Crippen MR) is 75.1 cm³/mol. The van der Waals surface area contributed by atoms with E-state index in [0.717, 1.165) is 5.82 Å². The predicted octanol–water partition coefficient (Wildman–Crippen LogP) is 1.79. The summed E-state index contributed by atoms with van der Waals surface area (Å²) < 4.78 is 7.33. The van der Waals surface area contributed by atoms with Gasteiger partial charge in [-0.1, -0.05) is 19.0 Å². The van der Waals surface area contributed by atoms with Crippen molar-refractivity contribution in [2.75, 3.05) is 6.54 Å². The van der Waals surface area contributed by atoms with Gasteiger partial charge in [0.25, 0.3) is 5.91 Å². The number of hydrogen-bond acceptors (Lipinski definition) is 5. The van der Waals surface area contributed by atoms with E-state index < -0.39 is 0 Å². The number of nitrogens with zero attached hydrogens (tertiary/aromatic N) is 3. The fourth-order valence-electron chi connectivity index (χ4n) is 1.83. The van der Waals surface area contributed by atoms with Gasteiger partial charge in [-0.15, -0.1) is 0 Å². The van der Waals surface area contributed by atoms with Gasteiger partial charge in [0.15, 0.2) is 4.77 Å². The Morgan fingerprint density at radius 1 is 1.60 bits per heavy atom. The SMILES string of the molecule is Cc1cc(C(=O)NCCn2c(C(C)C)n[nH]c2=S)on1. The summed E-state index contributed by atoms with van der Waals surface area (Å²) in [4.78, 5) is 11.8. The van der Waals surface area contributed by atoms with Gasteiger partial charge in [-0.25, -0.2) is 0 Å². The standard InChI is InChI=1S/C12H17N5O2S/c1-7(2)10-14-15-12(20)17(10)5-4-13-11(18)9-6-8(3)16-19-9/h6-7H,4-5H2,1-3H3,(H,13,18)(H,15,20). The zero-order valence-corrected chi connectivity index (χ0v) is 12.5.